The molecule has 0 spiro atoms. The quantitative estimate of drug-likeness (QED) is 0.315. The number of hydrogen-bond donors (Lipinski definition) is 2. The lowest BCUT2D eigenvalue weighted by Gasteiger charge is -2.24. The number of alkyl halides is 3. The van der Waals surface area contributed by atoms with Crippen LogP contribution in [0.5, 0.6) is 17.2 Å². The van der Waals surface area contributed by atoms with Crippen molar-refractivity contribution in [2.45, 2.75) is 43.8 Å². The number of carboxylic acids is 1. The number of amides is 1. The number of benzene rings is 3. The van der Waals surface area contributed by atoms with Gasteiger partial charge in [0.25, 0.3) is 5.91 Å². The molecule has 10 heteroatoms. The Morgan fingerprint density at radius 2 is 1.74 bits per heavy atom. The second-order valence-electron chi connectivity index (χ2n) is 9.79. The SMILES string of the molecule is O=C(NC(Cc1ccc(C(F)(F)F)cc1)C1CC1)c1ccc(Oc2cc3c(cc2Cl)C(C(=O)O)CCO3)cc1. The largest absolute Gasteiger partial charge is 0.493 e. The van der Waals surface area contributed by atoms with Crippen LogP contribution >= 0.6 is 11.6 Å². The summed E-state index contributed by atoms with van der Waals surface area (Å²) in [7, 11) is 0. The number of hydrogen-bond acceptors (Lipinski definition) is 4. The molecule has 1 saturated carbocycles. The van der Waals surface area contributed by atoms with Gasteiger partial charge in [-0.15, -0.1) is 0 Å². The van der Waals surface area contributed by atoms with Gasteiger partial charge in [0.05, 0.1) is 23.1 Å². The number of halogens is 4. The summed E-state index contributed by atoms with van der Waals surface area (Å²) in [6, 6.07) is 14.4. The van der Waals surface area contributed by atoms with Crippen molar-refractivity contribution in [3.05, 3.63) is 87.9 Å². The Hall–Kier alpha value is -3.72. The van der Waals surface area contributed by atoms with Gasteiger partial charge >= 0.3 is 12.1 Å². The van der Waals surface area contributed by atoms with E-state index in [0.29, 0.717) is 41.2 Å². The van der Waals surface area contributed by atoms with Gasteiger partial charge in [0.1, 0.15) is 17.2 Å². The summed E-state index contributed by atoms with van der Waals surface area (Å²) in [6.07, 6.45) is -1.68. The minimum atomic E-state index is -4.39. The molecule has 0 saturated heterocycles. The normalized spacial score (nSPS) is 17.5. The first-order valence-corrected chi connectivity index (χ1v) is 12.9. The molecule has 1 aliphatic heterocycles. The maximum Gasteiger partial charge on any atom is 0.416 e. The predicted octanol–water partition coefficient (Wildman–Crippen LogP) is 6.85. The Morgan fingerprint density at radius 3 is 2.36 bits per heavy atom. The molecule has 0 aromatic heterocycles. The number of carboxylic acid groups (broad SMARTS) is 1. The maximum atomic E-state index is 12.9. The van der Waals surface area contributed by atoms with E-state index in [1.165, 1.54) is 12.1 Å². The lowest BCUT2D eigenvalue weighted by Crippen LogP contribution is -2.38. The molecule has 0 radical (unpaired) electrons. The Kier molecular flexibility index (Phi) is 7.44. The molecule has 6 nitrogen and oxygen atoms in total. The Labute approximate surface area is 227 Å². The van der Waals surface area contributed by atoms with E-state index in [4.69, 9.17) is 21.1 Å². The Morgan fingerprint density at radius 1 is 1.05 bits per heavy atom. The molecule has 2 unspecified atom stereocenters. The van der Waals surface area contributed by atoms with Gasteiger partial charge in [0.15, 0.2) is 0 Å². The molecule has 3 aromatic carbocycles. The van der Waals surface area contributed by atoms with Crippen molar-refractivity contribution in [2.24, 2.45) is 5.92 Å². The lowest BCUT2D eigenvalue weighted by atomic mass is 9.93. The van der Waals surface area contributed by atoms with Gasteiger partial charge in [0, 0.05) is 23.2 Å². The third kappa shape index (κ3) is 6.30. The first kappa shape index (κ1) is 26.9. The molecule has 2 aliphatic rings. The molecular formula is C29H25ClF3NO5. The van der Waals surface area contributed by atoms with E-state index in [1.807, 2.05) is 0 Å². The average Bonchev–Trinajstić information content (AvgIpc) is 3.74. The second kappa shape index (κ2) is 10.8. The molecule has 5 rings (SSSR count). The molecule has 3 aromatic rings. The topological polar surface area (TPSA) is 84.9 Å². The molecule has 0 bridgehead atoms. The van der Waals surface area contributed by atoms with E-state index < -0.39 is 23.6 Å². The van der Waals surface area contributed by atoms with E-state index in [1.54, 1.807) is 36.4 Å². The average molecular weight is 560 g/mol. The smallest absolute Gasteiger partial charge is 0.416 e. The standard InChI is InChI=1S/C29H25ClF3NO5/c30-23-14-22-21(28(36)37)11-12-38-25(22)15-26(23)39-20-9-5-18(6-10-20)27(35)34-24(17-3-4-17)13-16-1-7-19(8-2-16)29(31,32)33/h1-2,5-10,14-15,17,21,24H,3-4,11-13H2,(H,34,35)(H,36,37). The van der Waals surface area contributed by atoms with Crippen molar-refractivity contribution in [2.75, 3.05) is 6.61 Å². The number of fused-ring (bicyclic) bond motifs is 1. The minimum absolute atomic E-state index is 0.186. The number of carbonyl (C=O) groups is 2. The van der Waals surface area contributed by atoms with Crippen LogP contribution < -0.4 is 14.8 Å². The zero-order valence-electron chi connectivity index (χ0n) is 20.6. The fourth-order valence-electron chi connectivity index (χ4n) is 4.70. The van der Waals surface area contributed by atoms with Gasteiger partial charge in [-0.2, -0.15) is 13.2 Å². The van der Waals surface area contributed by atoms with Crippen LogP contribution in [0.4, 0.5) is 13.2 Å². The monoisotopic (exact) mass is 559 g/mol. The highest BCUT2D eigenvalue weighted by molar-refractivity contribution is 6.32. The number of rotatable bonds is 8. The van der Waals surface area contributed by atoms with Gasteiger partial charge < -0.3 is 19.9 Å². The molecule has 204 valence electrons. The first-order valence-electron chi connectivity index (χ1n) is 12.5. The summed E-state index contributed by atoms with van der Waals surface area (Å²) in [4.78, 5) is 24.5. The predicted molar refractivity (Wildman–Crippen MR) is 138 cm³/mol. The fraction of sp³-hybridized carbons (Fsp3) is 0.310. The van der Waals surface area contributed by atoms with Crippen molar-refractivity contribution in [3.8, 4) is 17.2 Å². The van der Waals surface area contributed by atoms with Gasteiger partial charge in [0.2, 0.25) is 0 Å². The zero-order chi connectivity index (χ0) is 27.7. The van der Waals surface area contributed by atoms with Crippen molar-refractivity contribution in [1.82, 2.24) is 5.32 Å². The summed E-state index contributed by atoms with van der Waals surface area (Å²) in [5.41, 5.74) is 0.933. The van der Waals surface area contributed by atoms with Crippen LogP contribution in [0, 0.1) is 5.92 Å². The summed E-state index contributed by atoms with van der Waals surface area (Å²) in [6.45, 7) is 0.273. The van der Waals surface area contributed by atoms with Crippen LogP contribution in [0.2, 0.25) is 5.02 Å². The first-order chi connectivity index (χ1) is 18.6. The summed E-state index contributed by atoms with van der Waals surface area (Å²) in [5.74, 6) is -0.522. The van der Waals surface area contributed by atoms with Crippen LogP contribution in [0.3, 0.4) is 0 Å². The minimum Gasteiger partial charge on any atom is -0.493 e. The highest BCUT2D eigenvalue weighted by atomic mass is 35.5. The highest BCUT2D eigenvalue weighted by Crippen LogP contribution is 2.42. The third-order valence-corrected chi connectivity index (χ3v) is 7.29. The molecule has 39 heavy (non-hydrogen) atoms. The molecule has 2 N–H and O–H groups in total. The molecular weight excluding hydrogens is 535 g/mol. The molecule has 1 heterocycles. The molecule has 1 amide bonds. The van der Waals surface area contributed by atoms with Gasteiger partial charge in [-0.1, -0.05) is 23.7 Å². The highest BCUT2D eigenvalue weighted by Gasteiger charge is 2.34. The number of aliphatic carboxylic acids is 1. The van der Waals surface area contributed by atoms with Crippen LogP contribution in [-0.2, 0) is 17.4 Å². The van der Waals surface area contributed by atoms with Crippen molar-refractivity contribution < 1.29 is 37.3 Å². The molecule has 1 fully saturated rings. The summed E-state index contributed by atoms with van der Waals surface area (Å²) in [5, 5.41) is 12.7. The van der Waals surface area contributed by atoms with Gasteiger partial charge in [-0.25, -0.2) is 0 Å². The number of carbonyl (C=O) groups excluding carboxylic acids is 1. The van der Waals surface area contributed by atoms with Gasteiger partial charge in [-0.3, -0.25) is 9.59 Å². The van der Waals surface area contributed by atoms with Crippen LogP contribution in [0.1, 0.15) is 52.2 Å². The van der Waals surface area contributed by atoms with Crippen molar-refractivity contribution in [3.63, 3.8) is 0 Å². The van der Waals surface area contributed by atoms with E-state index >= 15 is 0 Å². The van der Waals surface area contributed by atoms with Crippen LogP contribution in [0.15, 0.2) is 60.7 Å². The summed E-state index contributed by atoms with van der Waals surface area (Å²) < 4.78 is 50.1. The van der Waals surface area contributed by atoms with Crippen LogP contribution in [-0.4, -0.2) is 29.6 Å². The number of ether oxygens (including phenoxy) is 2. The zero-order valence-corrected chi connectivity index (χ0v) is 21.4. The third-order valence-electron chi connectivity index (χ3n) is 6.99. The van der Waals surface area contributed by atoms with Crippen molar-refractivity contribution >= 4 is 23.5 Å². The number of nitrogens with one attached hydrogen (secondary N) is 1. The summed E-state index contributed by atoms with van der Waals surface area (Å²) >= 11 is 6.36. The van der Waals surface area contributed by atoms with Crippen LogP contribution in [0.25, 0.3) is 0 Å². The Bertz CT molecular complexity index is 1370. The van der Waals surface area contributed by atoms with E-state index in [-0.39, 0.29) is 29.5 Å². The van der Waals surface area contributed by atoms with E-state index in [2.05, 4.69) is 5.32 Å². The molecule has 2 atom stereocenters. The van der Waals surface area contributed by atoms with Gasteiger partial charge in [-0.05, 0) is 79.6 Å². The van der Waals surface area contributed by atoms with Crippen molar-refractivity contribution in [1.29, 1.82) is 0 Å². The molecule has 1 aliphatic carbocycles. The Balaban J connectivity index is 1.24. The fourth-order valence-corrected chi connectivity index (χ4v) is 4.91. The maximum absolute atomic E-state index is 12.9. The van der Waals surface area contributed by atoms with E-state index in [9.17, 15) is 27.9 Å². The lowest BCUT2D eigenvalue weighted by molar-refractivity contribution is -0.139. The van der Waals surface area contributed by atoms with E-state index in [0.717, 1.165) is 30.5 Å². The second-order valence-corrected chi connectivity index (χ2v) is 10.2.